The highest BCUT2D eigenvalue weighted by molar-refractivity contribution is 5.83. The highest BCUT2D eigenvalue weighted by Crippen LogP contribution is 2.37. The largest absolute Gasteiger partial charge is 0.376 e. The van der Waals surface area contributed by atoms with Gasteiger partial charge in [0.05, 0.1) is 5.60 Å². The molecular weight excluding hydrogens is 270 g/mol. The maximum atomic E-state index is 5.86. The Labute approximate surface area is 132 Å². The number of nitrogens with one attached hydrogen (secondary N) is 1. The molecule has 1 saturated heterocycles. The standard InChI is InChI=1S/C20H25NO/c1-20(2)13-16(8-9-22-20)15-6-7-19-17(11-15)12-18(21-19)10-14-4-3-5-14/h6-7,10-12,16,21H,3-5,8-9,13H2,1-2H3. The van der Waals surface area contributed by atoms with E-state index < -0.39 is 0 Å². The van der Waals surface area contributed by atoms with Crippen LogP contribution < -0.4 is 0 Å². The normalized spacial score (nSPS) is 24.3. The SMILES string of the molecule is CC1(C)CC(c2ccc3[nH]c(C=C4CCC4)cc3c2)CCO1. The van der Waals surface area contributed by atoms with Gasteiger partial charge in [-0.25, -0.2) is 0 Å². The molecule has 4 rings (SSSR count). The van der Waals surface area contributed by atoms with E-state index >= 15 is 0 Å². The van der Waals surface area contributed by atoms with Gasteiger partial charge < -0.3 is 9.72 Å². The van der Waals surface area contributed by atoms with E-state index in [4.69, 9.17) is 4.74 Å². The average molecular weight is 295 g/mol. The first-order valence-electron chi connectivity index (χ1n) is 8.55. The van der Waals surface area contributed by atoms with E-state index in [1.807, 2.05) is 0 Å². The van der Waals surface area contributed by atoms with Crippen molar-refractivity contribution in [2.75, 3.05) is 6.61 Å². The van der Waals surface area contributed by atoms with Crippen molar-refractivity contribution in [3.8, 4) is 0 Å². The lowest BCUT2D eigenvalue weighted by atomic mass is 9.83. The summed E-state index contributed by atoms with van der Waals surface area (Å²) in [6.45, 7) is 5.29. The van der Waals surface area contributed by atoms with Crippen LogP contribution in [0, 0.1) is 0 Å². The van der Waals surface area contributed by atoms with E-state index in [-0.39, 0.29) is 5.60 Å². The molecule has 1 atom stereocenters. The Morgan fingerprint density at radius 2 is 2.09 bits per heavy atom. The molecule has 2 fully saturated rings. The molecule has 0 radical (unpaired) electrons. The summed E-state index contributed by atoms with van der Waals surface area (Å²) in [4.78, 5) is 3.54. The number of allylic oxidation sites excluding steroid dienone is 1. The Balaban J connectivity index is 1.62. The molecule has 0 bridgehead atoms. The van der Waals surface area contributed by atoms with E-state index in [1.54, 1.807) is 5.57 Å². The second kappa shape index (κ2) is 5.27. The lowest BCUT2D eigenvalue weighted by Crippen LogP contribution is -2.32. The number of H-pyrrole nitrogens is 1. The Kier molecular flexibility index (Phi) is 3.37. The van der Waals surface area contributed by atoms with Crippen LogP contribution >= 0.6 is 0 Å². The summed E-state index contributed by atoms with van der Waals surface area (Å²) >= 11 is 0. The number of aromatic nitrogens is 1. The van der Waals surface area contributed by atoms with E-state index in [2.05, 4.69) is 49.2 Å². The maximum Gasteiger partial charge on any atom is 0.0632 e. The predicted molar refractivity (Wildman–Crippen MR) is 92.1 cm³/mol. The zero-order chi connectivity index (χ0) is 15.2. The molecule has 2 heteroatoms. The first-order valence-corrected chi connectivity index (χ1v) is 8.55. The molecule has 116 valence electrons. The monoisotopic (exact) mass is 295 g/mol. The first-order chi connectivity index (χ1) is 10.6. The Morgan fingerprint density at radius 3 is 2.82 bits per heavy atom. The molecule has 0 spiro atoms. The number of rotatable bonds is 2. The first kappa shape index (κ1) is 14.1. The smallest absolute Gasteiger partial charge is 0.0632 e. The van der Waals surface area contributed by atoms with Crippen LogP contribution in [-0.2, 0) is 4.74 Å². The van der Waals surface area contributed by atoms with Gasteiger partial charge in [-0.15, -0.1) is 0 Å². The lowest BCUT2D eigenvalue weighted by Gasteiger charge is -2.35. The fourth-order valence-corrected chi connectivity index (χ4v) is 3.77. The van der Waals surface area contributed by atoms with E-state index in [9.17, 15) is 0 Å². The average Bonchev–Trinajstić information content (AvgIpc) is 2.83. The molecule has 1 unspecified atom stereocenters. The third-order valence-corrected chi connectivity index (χ3v) is 5.19. The zero-order valence-corrected chi connectivity index (χ0v) is 13.6. The van der Waals surface area contributed by atoms with Crippen LogP contribution in [0.15, 0.2) is 29.8 Å². The van der Waals surface area contributed by atoms with E-state index in [0.717, 1.165) is 19.4 Å². The van der Waals surface area contributed by atoms with Gasteiger partial charge >= 0.3 is 0 Å². The second-order valence-corrected chi connectivity index (χ2v) is 7.53. The molecular formula is C20H25NO. The number of benzene rings is 1. The topological polar surface area (TPSA) is 25.0 Å². The van der Waals surface area contributed by atoms with Crippen molar-refractivity contribution in [3.05, 3.63) is 41.1 Å². The van der Waals surface area contributed by atoms with Gasteiger partial charge in [0, 0.05) is 23.2 Å². The maximum absolute atomic E-state index is 5.86. The molecule has 2 aromatic rings. The van der Waals surface area contributed by atoms with Gasteiger partial charge in [0.25, 0.3) is 0 Å². The highest BCUT2D eigenvalue weighted by atomic mass is 16.5. The molecule has 1 aliphatic heterocycles. The van der Waals surface area contributed by atoms with Crippen molar-refractivity contribution in [2.24, 2.45) is 0 Å². The molecule has 1 aromatic heterocycles. The van der Waals surface area contributed by atoms with Gasteiger partial charge in [-0.1, -0.05) is 11.6 Å². The van der Waals surface area contributed by atoms with Crippen molar-refractivity contribution in [2.45, 2.75) is 57.5 Å². The van der Waals surface area contributed by atoms with Crippen LogP contribution in [0.4, 0.5) is 0 Å². The molecule has 22 heavy (non-hydrogen) atoms. The fraction of sp³-hybridized carbons (Fsp3) is 0.500. The second-order valence-electron chi connectivity index (χ2n) is 7.53. The quantitative estimate of drug-likeness (QED) is 0.787. The summed E-state index contributed by atoms with van der Waals surface area (Å²) in [6.07, 6.45) is 8.49. The van der Waals surface area contributed by atoms with Crippen LogP contribution in [0.2, 0.25) is 0 Å². The third kappa shape index (κ3) is 2.72. The van der Waals surface area contributed by atoms with Crippen molar-refractivity contribution < 1.29 is 4.74 Å². The summed E-state index contributed by atoms with van der Waals surface area (Å²) in [5.41, 5.74) is 5.56. The summed E-state index contributed by atoms with van der Waals surface area (Å²) in [7, 11) is 0. The number of hydrogen-bond donors (Lipinski definition) is 1. The third-order valence-electron chi connectivity index (χ3n) is 5.19. The van der Waals surface area contributed by atoms with Crippen LogP contribution in [0.3, 0.4) is 0 Å². The number of ether oxygens (including phenoxy) is 1. The minimum absolute atomic E-state index is 0.00974. The Morgan fingerprint density at radius 1 is 1.23 bits per heavy atom. The Bertz CT molecular complexity index is 716. The molecule has 1 N–H and O–H groups in total. The molecule has 1 saturated carbocycles. The van der Waals surface area contributed by atoms with Gasteiger partial charge in [0.2, 0.25) is 0 Å². The molecule has 1 aliphatic carbocycles. The molecule has 1 aromatic carbocycles. The van der Waals surface area contributed by atoms with E-state index in [1.165, 1.54) is 41.4 Å². The summed E-state index contributed by atoms with van der Waals surface area (Å²) in [5.74, 6) is 0.622. The highest BCUT2D eigenvalue weighted by Gasteiger charge is 2.29. The van der Waals surface area contributed by atoms with E-state index in [0.29, 0.717) is 5.92 Å². The van der Waals surface area contributed by atoms with Crippen molar-refractivity contribution in [1.82, 2.24) is 4.98 Å². The summed E-state index contributed by atoms with van der Waals surface area (Å²) < 4.78 is 5.86. The van der Waals surface area contributed by atoms with Gasteiger partial charge in [0.1, 0.15) is 0 Å². The van der Waals surface area contributed by atoms with Gasteiger partial charge in [-0.05, 0) is 81.7 Å². The van der Waals surface area contributed by atoms with Gasteiger partial charge in [0.15, 0.2) is 0 Å². The molecule has 2 heterocycles. The summed E-state index contributed by atoms with van der Waals surface area (Å²) in [6, 6.07) is 9.22. The number of aromatic amines is 1. The molecule has 2 aliphatic rings. The predicted octanol–water partition coefficient (Wildman–Crippen LogP) is 5.41. The van der Waals surface area contributed by atoms with Crippen molar-refractivity contribution >= 4 is 17.0 Å². The van der Waals surface area contributed by atoms with Crippen LogP contribution in [0.1, 0.15) is 63.1 Å². The number of hydrogen-bond acceptors (Lipinski definition) is 1. The number of fused-ring (bicyclic) bond motifs is 1. The fourth-order valence-electron chi connectivity index (χ4n) is 3.77. The van der Waals surface area contributed by atoms with Crippen molar-refractivity contribution in [3.63, 3.8) is 0 Å². The lowest BCUT2D eigenvalue weighted by molar-refractivity contribution is -0.0592. The summed E-state index contributed by atoms with van der Waals surface area (Å²) in [5, 5.41) is 1.34. The molecule has 0 amide bonds. The van der Waals surface area contributed by atoms with Crippen LogP contribution in [0.25, 0.3) is 17.0 Å². The van der Waals surface area contributed by atoms with Gasteiger partial charge in [-0.3, -0.25) is 0 Å². The van der Waals surface area contributed by atoms with Crippen LogP contribution in [0.5, 0.6) is 0 Å². The zero-order valence-electron chi connectivity index (χ0n) is 13.6. The van der Waals surface area contributed by atoms with Crippen LogP contribution in [-0.4, -0.2) is 17.2 Å². The van der Waals surface area contributed by atoms with Gasteiger partial charge in [-0.2, -0.15) is 0 Å². The van der Waals surface area contributed by atoms with Crippen molar-refractivity contribution in [1.29, 1.82) is 0 Å². The molecule has 2 nitrogen and oxygen atoms in total. The minimum Gasteiger partial charge on any atom is -0.376 e. The Hall–Kier alpha value is -1.54. The minimum atomic E-state index is 0.00974.